The number of Topliss-reactive ketones (excluding diaryl/α,β-unsaturated/α-hetero) is 1. The molecule has 0 fully saturated rings. The zero-order valence-electron chi connectivity index (χ0n) is 12.0. The third-order valence-electron chi connectivity index (χ3n) is 3.27. The van der Waals surface area contributed by atoms with Crippen LogP contribution in [0.2, 0.25) is 0 Å². The van der Waals surface area contributed by atoms with E-state index in [1.807, 2.05) is 14.0 Å². The largest absolute Gasteiger partial charge is 0.299 e. The van der Waals surface area contributed by atoms with Gasteiger partial charge in [-0.25, -0.2) is 0 Å². The van der Waals surface area contributed by atoms with E-state index in [-0.39, 0.29) is 11.8 Å². The van der Waals surface area contributed by atoms with Crippen molar-refractivity contribution in [2.45, 2.75) is 33.7 Å². The van der Waals surface area contributed by atoms with Crippen molar-refractivity contribution in [1.29, 1.82) is 0 Å². The highest BCUT2D eigenvalue weighted by Crippen LogP contribution is 2.22. The molecular formula is C16H23NO. The summed E-state index contributed by atoms with van der Waals surface area (Å²) in [6.45, 7) is 8.39. The molecule has 2 heteroatoms. The van der Waals surface area contributed by atoms with Gasteiger partial charge in [0.25, 0.3) is 0 Å². The molecule has 98 valence electrons. The summed E-state index contributed by atoms with van der Waals surface area (Å²) in [4.78, 5) is 13.2. The lowest BCUT2D eigenvalue weighted by Gasteiger charge is -2.24. The number of ketones is 1. The minimum Gasteiger partial charge on any atom is -0.299 e. The average molecular weight is 245 g/mol. The third-order valence-corrected chi connectivity index (χ3v) is 3.27. The van der Waals surface area contributed by atoms with Crippen molar-refractivity contribution in [2.24, 2.45) is 0 Å². The minimum atomic E-state index is 0.199. The van der Waals surface area contributed by atoms with Crippen molar-refractivity contribution in [1.82, 2.24) is 4.90 Å². The fourth-order valence-corrected chi connectivity index (χ4v) is 2.02. The molecular weight excluding hydrogens is 222 g/mol. The number of carbonyl (C=O) groups excluding carboxylic acids is 1. The number of benzene rings is 1. The molecule has 1 rings (SSSR count). The van der Waals surface area contributed by atoms with E-state index in [0.717, 1.165) is 0 Å². The van der Waals surface area contributed by atoms with E-state index in [1.54, 1.807) is 6.92 Å². The van der Waals surface area contributed by atoms with E-state index in [0.29, 0.717) is 6.54 Å². The molecule has 0 saturated carbocycles. The Morgan fingerprint density at radius 1 is 1.44 bits per heavy atom. The molecule has 1 aromatic carbocycles. The van der Waals surface area contributed by atoms with Crippen molar-refractivity contribution in [3.63, 3.8) is 0 Å². The molecule has 0 radical (unpaired) electrons. The summed E-state index contributed by atoms with van der Waals surface area (Å²) in [6.07, 6.45) is 4.17. The number of nitrogens with zero attached hydrogens (tertiary/aromatic N) is 1. The summed E-state index contributed by atoms with van der Waals surface area (Å²) in [5, 5.41) is 0. The van der Waals surface area contributed by atoms with Gasteiger partial charge in [-0.05, 0) is 57.5 Å². The number of allylic oxidation sites excluding steroid dienone is 1. The molecule has 0 spiro atoms. The van der Waals surface area contributed by atoms with Crippen molar-refractivity contribution in [3.8, 4) is 0 Å². The predicted molar refractivity (Wildman–Crippen MR) is 77.6 cm³/mol. The van der Waals surface area contributed by atoms with Crippen LogP contribution in [0.1, 0.15) is 43.5 Å². The van der Waals surface area contributed by atoms with Crippen LogP contribution in [0.5, 0.6) is 0 Å². The van der Waals surface area contributed by atoms with E-state index in [9.17, 15) is 4.79 Å². The lowest BCUT2D eigenvalue weighted by atomic mass is 10.00. The van der Waals surface area contributed by atoms with Crippen LogP contribution in [0, 0.1) is 6.92 Å². The molecule has 18 heavy (non-hydrogen) atoms. The Labute approximate surface area is 110 Å². The monoisotopic (exact) mass is 245 g/mol. The van der Waals surface area contributed by atoms with Crippen molar-refractivity contribution in [3.05, 3.63) is 41.0 Å². The van der Waals surface area contributed by atoms with Crippen LogP contribution in [0.15, 0.2) is 24.3 Å². The van der Waals surface area contributed by atoms with Gasteiger partial charge < -0.3 is 0 Å². The molecule has 0 aliphatic rings. The van der Waals surface area contributed by atoms with Gasteiger partial charge in [0.2, 0.25) is 0 Å². The van der Waals surface area contributed by atoms with Crippen LogP contribution < -0.4 is 0 Å². The first kappa shape index (κ1) is 14.7. The van der Waals surface area contributed by atoms with Gasteiger partial charge in [-0.15, -0.1) is 0 Å². The highest BCUT2D eigenvalue weighted by molar-refractivity contribution is 5.77. The smallest absolute Gasteiger partial charge is 0.143 e. The van der Waals surface area contributed by atoms with Crippen LogP contribution in [-0.4, -0.2) is 24.3 Å². The van der Waals surface area contributed by atoms with Gasteiger partial charge in [0.1, 0.15) is 5.78 Å². The zero-order valence-corrected chi connectivity index (χ0v) is 12.0. The van der Waals surface area contributed by atoms with Crippen LogP contribution >= 0.6 is 0 Å². The fraction of sp³-hybridized carbons (Fsp3) is 0.438. The molecule has 1 atom stereocenters. The topological polar surface area (TPSA) is 20.3 Å². The van der Waals surface area contributed by atoms with Gasteiger partial charge in [0.15, 0.2) is 0 Å². The quantitative estimate of drug-likeness (QED) is 0.790. The van der Waals surface area contributed by atoms with Crippen molar-refractivity contribution in [2.75, 3.05) is 13.6 Å². The van der Waals surface area contributed by atoms with E-state index < -0.39 is 0 Å². The molecule has 0 saturated heterocycles. The Balaban J connectivity index is 2.95. The molecule has 0 N–H and O–H groups in total. The second kappa shape index (κ2) is 6.50. The number of likely N-dealkylation sites (N-methyl/N-ethyl adjacent to an activating group) is 1. The third kappa shape index (κ3) is 3.81. The minimum absolute atomic E-state index is 0.199. The summed E-state index contributed by atoms with van der Waals surface area (Å²) < 4.78 is 0. The van der Waals surface area contributed by atoms with Gasteiger partial charge in [0, 0.05) is 6.04 Å². The molecule has 2 nitrogen and oxygen atoms in total. The van der Waals surface area contributed by atoms with Crippen LogP contribution in [0.3, 0.4) is 0 Å². The number of hydrogen-bond donors (Lipinski definition) is 0. The molecule has 0 aliphatic heterocycles. The lowest BCUT2D eigenvalue weighted by molar-refractivity contribution is -0.118. The summed E-state index contributed by atoms with van der Waals surface area (Å²) in [6, 6.07) is 6.74. The fourth-order valence-electron chi connectivity index (χ4n) is 2.02. The second-order valence-electron chi connectivity index (χ2n) is 4.91. The van der Waals surface area contributed by atoms with Gasteiger partial charge >= 0.3 is 0 Å². The molecule has 0 aromatic heterocycles. The van der Waals surface area contributed by atoms with Gasteiger partial charge in [-0.3, -0.25) is 9.69 Å². The van der Waals surface area contributed by atoms with E-state index in [1.165, 1.54) is 16.7 Å². The summed E-state index contributed by atoms with van der Waals surface area (Å²) >= 11 is 0. The summed E-state index contributed by atoms with van der Waals surface area (Å²) in [7, 11) is 1.99. The van der Waals surface area contributed by atoms with E-state index in [2.05, 4.69) is 49.1 Å². The SMILES string of the molecule is C/C=C\c1cc(C(C)N(C)CC(C)=O)ccc1C. The first-order chi connectivity index (χ1) is 8.45. The van der Waals surface area contributed by atoms with Crippen molar-refractivity contribution < 1.29 is 4.79 Å². The van der Waals surface area contributed by atoms with Crippen LogP contribution in [-0.2, 0) is 4.79 Å². The standard InChI is InChI=1S/C16H23NO/c1-6-7-15-10-16(9-8-12(15)2)14(4)17(5)11-13(3)18/h6-10,14H,11H2,1-5H3/b7-6-. The average Bonchev–Trinajstić information content (AvgIpc) is 2.30. The Morgan fingerprint density at radius 3 is 2.67 bits per heavy atom. The summed E-state index contributed by atoms with van der Waals surface area (Å²) in [5.41, 5.74) is 3.77. The summed E-state index contributed by atoms with van der Waals surface area (Å²) in [5.74, 6) is 0.199. The predicted octanol–water partition coefficient (Wildman–Crippen LogP) is 3.61. The molecule has 0 amide bonds. The van der Waals surface area contributed by atoms with E-state index in [4.69, 9.17) is 0 Å². The molecule has 0 aliphatic carbocycles. The number of aryl methyl sites for hydroxylation is 1. The highest BCUT2D eigenvalue weighted by Gasteiger charge is 2.13. The highest BCUT2D eigenvalue weighted by atomic mass is 16.1. The Hall–Kier alpha value is -1.41. The molecule has 0 bridgehead atoms. The van der Waals surface area contributed by atoms with Gasteiger partial charge in [-0.1, -0.05) is 24.3 Å². The number of rotatable bonds is 5. The zero-order chi connectivity index (χ0) is 13.7. The Bertz CT molecular complexity index is 448. The second-order valence-corrected chi connectivity index (χ2v) is 4.91. The first-order valence-corrected chi connectivity index (χ1v) is 6.38. The van der Waals surface area contributed by atoms with E-state index >= 15 is 0 Å². The normalized spacial score (nSPS) is 13.2. The molecule has 1 unspecified atom stereocenters. The first-order valence-electron chi connectivity index (χ1n) is 6.38. The van der Waals surface area contributed by atoms with Gasteiger partial charge in [0.05, 0.1) is 6.54 Å². The Kier molecular flexibility index (Phi) is 5.29. The number of carbonyl (C=O) groups is 1. The van der Waals surface area contributed by atoms with Crippen molar-refractivity contribution >= 4 is 11.9 Å². The Morgan fingerprint density at radius 2 is 2.11 bits per heavy atom. The number of hydrogen-bond acceptors (Lipinski definition) is 2. The molecule has 1 aromatic rings. The lowest BCUT2D eigenvalue weighted by Crippen LogP contribution is -2.27. The van der Waals surface area contributed by atoms with Crippen LogP contribution in [0.4, 0.5) is 0 Å². The maximum Gasteiger partial charge on any atom is 0.143 e. The molecule has 0 heterocycles. The maximum absolute atomic E-state index is 11.2. The van der Waals surface area contributed by atoms with Gasteiger partial charge in [-0.2, -0.15) is 0 Å². The maximum atomic E-state index is 11.2. The van der Waals surface area contributed by atoms with Crippen LogP contribution in [0.25, 0.3) is 6.08 Å².